The number of hydrogen-bond acceptors (Lipinski definition) is 2. The molecule has 0 heterocycles. The maximum absolute atomic E-state index is 5.16. The van der Waals surface area contributed by atoms with Crippen LogP contribution in [-0.4, -0.2) is 14.2 Å². The van der Waals surface area contributed by atoms with E-state index in [4.69, 9.17) is 9.47 Å². The van der Waals surface area contributed by atoms with Crippen molar-refractivity contribution < 1.29 is 9.47 Å². The first-order valence-corrected chi connectivity index (χ1v) is 7.35. The highest BCUT2D eigenvalue weighted by atomic mass is 79.9. The van der Waals surface area contributed by atoms with Crippen molar-refractivity contribution in [1.29, 1.82) is 0 Å². The Balaban J connectivity index is 0.000000250. The second-order valence-corrected chi connectivity index (χ2v) is 6.46. The summed E-state index contributed by atoms with van der Waals surface area (Å²) in [6.45, 7) is 0. The average Bonchev–Trinajstić information content (AvgIpc) is 2.48. The monoisotopic (exact) mass is 384 g/mol. The third-order valence-corrected chi connectivity index (χ3v) is 3.19. The van der Waals surface area contributed by atoms with Crippen molar-refractivity contribution in [2.75, 3.05) is 14.2 Å². The van der Waals surface area contributed by atoms with Crippen LogP contribution >= 0.6 is 31.9 Å². The fourth-order valence-corrected chi connectivity index (χ4v) is 2.00. The van der Waals surface area contributed by atoms with Gasteiger partial charge in [-0.2, -0.15) is 0 Å². The van der Waals surface area contributed by atoms with Gasteiger partial charge in [0, 0.05) is 11.6 Å². The van der Waals surface area contributed by atoms with Gasteiger partial charge >= 0.3 is 0 Å². The highest BCUT2D eigenvalue weighted by Crippen LogP contribution is 2.37. The standard InChI is InChI=1S/C9H9Br2O2.C6H5/c1-12-6-3-4-8(13-2)7(5-6)9(10)11;1-2-4-6-5-3-1/h4-5,9H,1-2H3;1-5H. The fraction of sp³-hybridized carbons (Fsp3) is 0.200. The highest BCUT2D eigenvalue weighted by Gasteiger charge is 2.10. The molecule has 0 N–H and O–H groups in total. The lowest BCUT2D eigenvalue weighted by atomic mass is 10.2. The quantitative estimate of drug-likeness (QED) is 0.708. The molecule has 0 atom stereocenters. The molecule has 0 saturated heterocycles. The average molecular weight is 386 g/mol. The molecule has 0 aliphatic carbocycles. The second kappa shape index (κ2) is 8.99. The van der Waals surface area contributed by atoms with Crippen molar-refractivity contribution in [2.24, 2.45) is 0 Å². The summed E-state index contributed by atoms with van der Waals surface area (Å²) < 4.78 is 10.3. The van der Waals surface area contributed by atoms with Gasteiger partial charge in [-0.05, 0) is 18.2 Å². The van der Waals surface area contributed by atoms with Gasteiger partial charge in [-0.3, -0.25) is 0 Å². The SMILES string of the molecule is COc1[c]cc(OC)c(C(Br)Br)c1.[c]1ccccc1. The van der Waals surface area contributed by atoms with Crippen molar-refractivity contribution in [2.45, 2.75) is 3.74 Å². The van der Waals surface area contributed by atoms with Crippen molar-refractivity contribution in [1.82, 2.24) is 0 Å². The number of methoxy groups -OCH3 is 2. The summed E-state index contributed by atoms with van der Waals surface area (Å²) in [5, 5.41) is 0. The predicted octanol–water partition coefficient (Wildman–Crippen LogP) is 4.78. The largest absolute Gasteiger partial charge is 0.496 e. The van der Waals surface area contributed by atoms with E-state index in [1.54, 1.807) is 20.3 Å². The summed E-state index contributed by atoms with van der Waals surface area (Å²) in [5.74, 6) is 1.47. The first-order valence-electron chi connectivity index (χ1n) is 5.52. The van der Waals surface area contributed by atoms with Crippen LogP contribution in [-0.2, 0) is 0 Å². The van der Waals surface area contributed by atoms with Crippen LogP contribution in [0.15, 0.2) is 42.5 Å². The zero-order chi connectivity index (χ0) is 14.1. The molecule has 2 aromatic rings. The highest BCUT2D eigenvalue weighted by molar-refractivity contribution is 9.24. The summed E-state index contributed by atoms with van der Waals surface area (Å²) >= 11 is 6.81. The molecule has 2 rings (SSSR count). The Morgan fingerprint density at radius 3 is 2.11 bits per heavy atom. The molecule has 4 heteroatoms. The molecule has 0 fully saturated rings. The van der Waals surface area contributed by atoms with E-state index >= 15 is 0 Å². The molecule has 0 aromatic heterocycles. The maximum atomic E-state index is 5.16. The lowest BCUT2D eigenvalue weighted by Crippen LogP contribution is -1.92. The van der Waals surface area contributed by atoms with Gasteiger partial charge in [-0.25, -0.2) is 0 Å². The summed E-state index contributed by atoms with van der Waals surface area (Å²) in [7, 11) is 3.24. The number of hydrogen-bond donors (Lipinski definition) is 0. The number of ether oxygens (including phenoxy) is 2. The molecular formula is C15H14Br2O2. The molecule has 0 saturated carbocycles. The Bertz CT molecular complexity index is 446. The van der Waals surface area contributed by atoms with Gasteiger partial charge in [0.25, 0.3) is 0 Å². The van der Waals surface area contributed by atoms with Gasteiger partial charge in [-0.15, -0.1) is 0 Å². The van der Waals surface area contributed by atoms with Gasteiger partial charge in [0.1, 0.15) is 11.5 Å². The molecule has 2 aromatic carbocycles. The van der Waals surface area contributed by atoms with E-state index in [9.17, 15) is 0 Å². The van der Waals surface area contributed by atoms with Crippen molar-refractivity contribution in [3.63, 3.8) is 0 Å². The molecule has 2 radical (unpaired) electrons. The minimum absolute atomic E-state index is 0.0541. The van der Waals surface area contributed by atoms with Crippen LogP contribution in [0.2, 0.25) is 0 Å². The van der Waals surface area contributed by atoms with Crippen LogP contribution in [0.5, 0.6) is 11.5 Å². The van der Waals surface area contributed by atoms with Crippen LogP contribution in [0.4, 0.5) is 0 Å². The van der Waals surface area contributed by atoms with Crippen molar-refractivity contribution in [3.05, 3.63) is 60.2 Å². The van der Waals surface area contributed by atoms with Crippen LogP contribution < -0.4 is 9.47 Å². The normalized spacial score (nSPS) is 9.53. The van der Waals surface area contributed by atoms with E-state index in [0.717, 1.165) is 11.3 Å². The van der Waals surface area contributed by atoms with Crippen LogP contribution in [0.3, 0.4) is 0 Å². The summed E-state index contributed by atoms with van der Waals surface area (Å²) in [6.07, 6.45) is 0. The van der Waals surface area contributed by atoms with Gasteiger partial charge in [0.05, 0.1) is 18.0 Å². The number of alkyl halides is 2. The van der Waals surface area contributed by atoms with Crippen LogP contribution in [0.1, 0.15) is 9.30 Å². The molecule has 100 valence electrons. The lowest BCUT2D eigenvalue weighted by molar-refractivity contribution is 0.399. The molecule has 19 heavy (non-hydrogen) atoms. The Morgan fingerprint density at radius 1 is 1.05 bits per heavy atom. The first kappa shape index (κ1) is 16.1. The van der Waals surface area contributed by atoms with Gasteiger partial charge in [-0.1, -0.05) is 62.2 Å². The number of rotatable bonds is 3. The van der Waals surface area contributed by atoms with E-state index in [1.165, 1.54) is 0 Å². The van der Waals surface area contributed by atoms with Crippen LogP contribution in [0.25, 0.3) is 0 Å². The third-order valence-electron chi connectivity index (χ3n) is 2.20. The molecule has 0 aliphatic rings. The molecular weight excluding hydrogens is 372 g/mol. The van der Waals surface area contributed by atoms with E-state index in [-0.39, 0.29) is 3.74 Å². The topological polar surface area (TPSA) is 18.5 Å². The fourth-order valence-electron chi connectivity index (χ4n) is 1.28. The molecule has 0 spiro atoms. The van der Waals surface area contributed by atoms with E-state index in [2.05, 4.69) is 44.0 Å². The zero-order valence-electron chi connectivity index (χ0n) is 10.7. The number of halogens is 2. The van der Waals surface area contributed by atoms with Gasteiger partial charge in [0.15, 0.2) is 0 Å². The van der Waals surface area contributed by atoms with E-state index in [0.29, 0.717) is 5.75 Å². The minimum atomic E-state index is 0.0541. The predicted molar refractivity (Wildman–Crippen MR) is 84.3 cm³/mol. The minimum Gasteiger partial charge on any atom is -0.496 e. The summed E-state index contributed by atoms with van der Waals surface area (Å²) in [4.78, 5) is 0. The van der Waals surface area contributed by atoms with Gasteiger partial charge < -0.3 is 9.47 Å². The second-order valence-electron chi connectivity index (χ2n) is 3.40. The molecule has 0 aliphatic heterocycles. The molecule has 0 unspecified atom stereocenters. The van der Waals surface area contributed by atoms with Crippen molar-refractivity contribution in [3.8, 4) is 11.5 Å². The number of benzene rings is 2. The summed E-state index contributed by atoms with van der Waals surface area (Å²) in [6, 6.07) is 19.1. The molecule has 2 nitrogen and oxygen atoms in total. The first-order chi connectivity index (χ1) is 9.19. The summed E-state index contributed by atoms with van der Waals surface area (Å²) in [5.41, 5.74) is 0.984. The van der Waals surface area contributed by atoms with Crippen LogP contribution in [0, 0.1) is 12.1 Å². The maximum Gasteiger partial charge on any atom is 0.127 e. The third kappa shape index (κ3) is 5.66. The van der Waals surface area contributed by atoms with E-state index < -0.39 is 0 Å². The van der Waals surface area contributed by atoms with Gasteiger partial charge in [0.2, 0.25) is 0 Å². The Kier molecular flexibility index (Phi) is 7.60. The Morgan fingerprint density at radius 2 is 1.74 bits per heavy atom. The molecule has 0 bridgehead atoms. The Hall–Kier alpha value is -1.00. The van der Waals surface area contributed by atoms with E-state index in [1.807, 2.05) is 36.4 Å². The zero-order valence-corrected chi connectivity index (χ0v) is 13.9. The Labute approximate surface area is 131 Å². The smallest absolute Gasteiger partial charge is 0.127 e. The lowest BCUT2D eigenvalue weighted by Gasteiger charge is -2.10. The van der Waals surface area contributed by atoms with Crippen molar-refractivity contribution >= 4 is 31.9 Å². The molecule has 0 amide bonds.